The molecule has 0 atom stereocenters. The first-order chi connectivity index (χ1) is 9.90. The summed E-state index contributed by atoms with van der Waals surface area (Å²) in [6.45, 7) is 2.45. The highest BCUT2D eigenvalue weighted by Gasteiger charge is 2.42. The van der Waals surface area contributed by atoms with Gasteiger partial charge in [0, 0.05) is 18.3 Å². The quantitative estimate of drug-likeness (QED) is 0.884. The van der Waals surface area contributed by atoms with Crippen LogP contribution in [0.2, 0.25) is 0 Å². The van der Waals surface area contributed by atoms with Gasteiger partial charge in [-0.05, 0) is 38.0 Å². The predicted octanol–water partition coefficient (Wildman–Crippen LogP) is 3.38. The number of aromatic nitrogens is 2. The number of nitrogen functional groups attached to an aromatic ring is 1. The first kappa shape index (κ1) is 14.2. The van der Waals surface area contributed by atoms with Crippen LogP contribution in [-0.2, 0) is 10.9 Å². The standard InChI is InChI=1S/C14H16F3N3O/c1-2-21-10-6-9(7-10)20-12-4-3-8(18)5-11(12)19-13(20)14(15,16)17/h3-5,9-10H,2,6-7,18H2,1H3. The summed E-state index contributed by atoms with van der Waals surface area (Å²) >= 11 is 0. The van der Waals surface area contributed by atoms with Crippen molar-refractivity contribution in [3.63, 3.8) is 0 Å². The molecule has 0 radical (unpaired) electrons. The minimum absolute atomic E-state index is 0.0346. The van der Waals surface area contributed by atoms with Crippen LogP contribution in [0.4, 0.5) is 18.9 Å². The molecule has 1 aromatic heterocycles. The molecule has 1 aliphatic rings. The van der Waals surface area contributed by atoms with Crippen LogP contribution in [0.5, 0.6) is 0 Å². The van der Waals surface area contributed by atoms with E-state index in [-0.39, 0.29) is 17.7 Å². The van der Waals surface area contributed by atoms with E-state index in [0.717, 1.165) is 0 Å². The number of hydrogen-bond donors (Lipinski definition) is 1. The van der Waals surface area contributed by atoms with Crippen molar-refractivity contribution in [2.75, 3.05) is 12.3 Å². The van der Waals surface area contributed by atoms with Gasteiger partial charge in [-0.25, -0.2) is 4.98 Å². The van der Waals surface area contributed by atoms with Gasteiger partial charge in [0.1, 0.15) is 0 Å². The van der Waals surface area contributed by atoms with Gasteiger partial charge >= 0.3 is 6.18 Å². The minimum Gasteiger partial charge on any atom is -0.399 e. The van der Waals surface area contributed by atoms with Crippen LogP contribution < -0.4 is 5.73 Å². The first-order valence-corrected chi connectivity index (χ1v) is 6.86. The van der Waals surface area contributed by atoms with Crippen molar-refractivity contribution in [2.45, 2.75) is 38.1 Å². The Morgan fingerprint density at radius 3 is 2.71 bits per heavy atom. The van der Waals surface area contributed by atoms with Gasteiger partial charge in [0.2, 0.25) is 5.82 Å². The zero-order valence-electron chi connectivity index (χ0n) is 11.5. The molecule has 4 nitrogen and oxygen atoms in total. The highest BCUT2D eigenvalue weighted by atomic mass is 19.4. The van der Waals surface area contributed by atoms with Crippen molar-refractivity contribution >= 4 is 16.7 Å². The molecule has 1 heterocycles. The zero-order valence-corrected chi connectivity index (χ0v) is 11.5. The highest BCUT2D eigenvalue weighted by molar-refractivity contribution is 5.80. The van der Waals surface area contributed by atoms with Gasteiger partial charge in [0.25, 0.3) is 0 Å². The number of halogens is 3. The molecule has 0 bridgehead atoms. The molecule has 1 saturated carbocycles. The monoisotopic (exact) mass is 299 g/mol. The molecule has 114 valence electrons. The van der Waals surface area contributed by atoms with Crippen molar-refractivity contribution in [3.05, 3.63) is 24.0 Å². The molecule has 7 heteroatoms. The number of imidazole rings is 1. The Labute approximate surface area is 119 Å². The average molecular weight is 299 g/mol. The van der Waals surface area contributed by atoms with E-state index in [4.69, 9.17) is 10.5 Å². The van der Waals surface area contributed by atoms with Crippen molar-refractivity contribution in [3.8, 4) is 0 Å². The van der Waals surface area contributed by atoms with E-state index in [1.54, 1.807) is 12.1 Å². The molecule has 0 amide bonds. The maximum Gasteiger partial charge on any atom is 0.449 e. The number of nitrogens with two attached hydrogens (primary N) is 1. The fourth-order valence-electron chi connectivity index (χ4n) is 2.81. The van der Waals surface area contributed by atoms with Gasteiger partial charge in [0.05, 0.1) is 17.1 Å². The Morgan fingerprint density at radius 2 is 2.10 bits per heavy atom. The molecule has 0 unspecified atom stereocenters. The molecule has 1 fully saturated rings. The van der Waals surface area contributed by atoms with Crippen molar-refractivity contribution in [1.82, 2.24) is 9.55 Å². The lowest BCUT2D eigenvalue weighted by molar-refractivity contribution is -0.149. The van der Waals surface area contributed by atoms with Crippen LogP contribution in [0.15, 0.2) is 18.2 Å². The number of fused-ring (bicyclic) bond motifs is 1. The SMILES string of the molecule is CCOC1CC(n2c(C(F)(F)F)nc3cc(N)ccc32)C1. The lowest BCUT2D eigenvalue weighted by Crippen LogP contribution is -2.35. The fraction of sp³-hybridized carbons (Fsp3) is 0.500. The molecular weight excluding hydrogens is 283 g/mol. The topological polar surface area (TPSA) is 53.1 Å². The summed E-state index contributed by atoms with van der Waals surface area (Å²) in [4.78, 5) is 3.74. The normalized spacial score (nSPS) is 22.5. The van der Waals surface area contributed by atoms with E-state index < -0.39 is 12.0 Å². The van der Waals surface area contributed by atoms with E-state index in [0.29, 0.717) is 30.7 Å². The Balaban J connectivity index is 2.03. The molecule has 2 aromatic rings. The number of rotatable bonds is 3. The van der Waals surface area contributed by atoms with Crippen LogP contribution in [0.25, 0.3) is 11.0 Å². The summed E-state index contributed by atoms with van der Waals surface area (Å²) in [5, 5.41) is 0. The fourth-order valence-corrected chi connectivity index (χ4v) is 2.81. The Kier molecular flexibility index (Phi) is 3.32. The van der Waals surface area contributed by atoms with Gasteiger partial charge in [-0.3, -0.25) is 0 Å². The second-order valence-corrected chi connectivity index (χ2v) is 5.25. The van der Waals surface area contributed by atoms with Crippen LogP contribution in [-0.4, -0.2) is 22.3 Å². The summed E-state index contributed by atoms with van der Waals surface area (Å²) in [6.07, 6.45) is -3.29. The number of alkyl halides is 3. The van der Waals surface area contributed by atoms with Gasteiger partial charge in [0.15, 0.2) is 0 Å². The van der Waals surface area contributed by atoms with Crippen LogP contribution >= 0.6 is 0 Å². The zero-order chi connectivity index (χ0) is 15.2. The first-order valence-electron chi connectivity index (χ1n) is 6.86. The summed E-state index contributed by atoms with van der Waals surface area (Å²) in [5.74, 6) is -0.858. The van der Waals surface area contributed by atoms with Crippen LogP contribution in [0.3, 0.4) is 0 Å². The second-order valence-electron chi connectivity index (χ2n) is 5.25. The van der Waals surface area contributed by atoms with Gasteiger partial charge in [-0.2, -0.15) is 13.2 Å². The molecule has 1 aromatic carbocycles. The summed E-state index contributed by atoms with van der Waals surface area (Å²) < 4.78 is 46.3. The van der Waals surface area contributed by atoms with Gasteiger partial charge in [-0.15, -0.1) is 0 Å². The van der Waals surface area contributed by atoms with Crippen molar-refractivity contribution in [2.24, 2.45) is 0 Å². The van der Waals surface area contributed by atoms with E-state index in [1.807, 2.05) is 6.92 Å². The third kappa shape index (κ3) is 2.46. The lowest BCUT2D eigenvalue weighted by atomic mass is 9.88. The third-order valence-corrected chi connectivity index (χ3v) is 3.80. The predicted molar refractivity (Wildman–Crippen MR) is 72.8 cm³/mol. The molecule has 0 aliphatic heterocycles. The average Bonchev–Trinajstić information content (AvgIpc) is 2.71. The largest absolute Gasteiger partial charge is 0.449 e. The molecular formula is C14H16F3N3O. The summed E-state index contributed by atoms with van der Waals surface area (Å²) in [6, 6.07) is 4.44. The highest BCUT2D eigenvalue weighted by Crippen LogP contribution is 2.41. The molecule has 21 heavy (non-hydrogen) atoms. The molecule has 2 N–H and O–H groups in total. The summed E-state index contributed by atoms with van der Waals surface area (Å²) in [7, 11) is 0. The molecule has 0 saturated heterocycles. The lowest BCUT2D eigenvalue weighted by Gasteiger charge is -2.37. The molecule has 1 aliphatic carbocycles. The van der Waals surface area contributed by atoms with E-state index >= 15 is 0 Å². The number of anilines is 1. The van der Waals surface area contributed by atoms with E-state index in [9.17, 15) is 13.2 Å². The molecule has 0 spiro atoms. The smallest absolute Gasteiger partial charge is 0.399 e. The second kappa shape index (κ2) is 4.91. The maximum atomic E-state index is 13.2. The van der Waals surface area contributed by atoms with Gasteiger partial charge in [-0.1, -0.05) is 0 Å². The van der Waals surface area contributed by atoms with E-state index in [2.05, 4.69) is 4.98 Å². The number of benzene rings is 1. The van der Waals surface area contributed by atoms with Crippen molar-refractivity contribution < 1.29 is 17.9 Å². The van der Waals surface area contributed by atoms with E-state index in [1.165, 1.54) is 10.6 Å². The Bertz CT molecular complexity index is 659. The third-order valence-electron chi connectivity index (χ3n) is 3.80. The number of nitrogens with zero attached hydrogens (tertiary/aromatic N) is 2. The maximum absolute atomic E-state index is 13.2. The van der Waals surface area contributed by atoms with Crippen molar-refractivity contribution in [1.29, 1.82) is 0 Å². The number of hydrogen-bond acceptors (Lipinski definition) is 3. The Morgan fingerprint density at radius 1 is 1.38 bits per heavy atom. The summed E-state index contributed by atoms with van der Waals surface area (Å²) in [5.41, 5.74) is 6.78. The van der Waals surface area contributed by atoms with Crippen LogP contribution in [0.1, 0.15) is 31.6 Å². The number of ether oxygens (including phenoxy) is 1. The Hall–Kier alpha value is -1.76. The minimum atomic E-state index is -4.48. The molecule has 3 rings (SSSR count). The van der Waals surface area contributed by atoms with Gasteiger partial charge < -0.3 is 15.0 Å². The van der Waals surface area contributed by atoms with Crippen LogP contribution in [0, 0.1) is 0 Å².